The second-order valence-electron chi connectivity index (χ2n) is 2.91. The van der Waals surface area contributed by atoms with Gasteiger partial charge in [-0.3, -0.25) is 0 Å². The molecule has 0 fully saturated rings. The highest BCUT2D eigenvalue weighted by atomic mass is 19.4. The molecule has 68 valence electrons. The third kappa shape index (κ3) is 5.12. The van der Waals surface area contributed by atoms with Gasteiger partial charge in [-0.2, -0.15) is 0 Å². The van der Waals surface area contributed by atoms with Gasteiger partial charge in [0.2, 0.25) is 0 Å². The van der Waals surface area contributed by atoms with E-state index in [1.165, 1.54) is 11.9 Å². The van der Waals surface area contributed by atoms with Crippen LogP contribution in [0.1, 0.15) is 20.3 Å². The van der Waals surface area contributed by atoms with Crippen molar-refractivity contribution in [1.29, 1.82) is 0 Å². The molecule has 0 heterocycles. The summed E-state index contributed by atoms with van der Waals surface area (Å²) in [5, 5.41) is 0. The first-order valence-electron chi connectivity index (χ1n) is 3.78. The van der Waals surface area contributed by atoms with E-state index in [4.69, 9.17) is 0 Å². The maximum absolute atomic E-state index is 11.8. The number of hydrogen-bond donors (Lipinski definition) is 0. The third-order valence-electron chi connectivity index (χ3n) is 1.84. The van der Waals surface area contributed by atoms with Crippen LogP contribution in [0.25, 0.3) is 0 Å². The van der Waals surface area contributed by atoms with E-state index in [0.717, 1.165) is 6.42 Å². The van der Waals surface area contributed by atoms with Crippen LogP contribution in [0, 0.1) is 0 Å². The fourth-order valence-corrected chi connectivity index (χ4v) is 0.818. The van der Waals surface area contributed by atoms with Crippen LogP contribution in [0.4, 0.5) is 12.9 Å². The topological polar surface area (TPSA) is 3.24 Å². The van der Waals surface area contributed by atoms with Gasteiger partial charge in [0.15, 0.2) is 0 Å². The van der Waals surface area contributed by atoms with E-state index in [-0.39, 0.29) is 6.04 Å². The van der Waals surface area contributed by atoms with Crippen molar-refractivity contribution in [2.24, 2.45) is 0 Å². The fraction of sp³-hybridized carbons (Fsp3) is 1.00. The Kier molecular flexibility index (Phi) is 3.93. The van der Waals surface area contributed by atoms with Crippen LogP contribution in [-0.2, 0) is 0 Å². The van der Waals surface area contributed by atoms with Crippen LogP contribution in [0.15, 0.2) is 0 Å². The van der Waals surface area contributed by atoms with Gasteiger partial charge in [-0.25, -0.2) is 0 Å². The minimum absolute atomic E-state index is 0.0125. The molecular formula is C6H14BF3N-. The SMILES string of the molecule is CCC(C)N(C)C[B-](F)(F)F. The standard InChI is InChI=1S/C6H14BF3N/c1-4-6(2)11(3)5-7(8,9)10/h6H,4-5H2,1-3H3/q-1. The van der Waals surface area contributed by atoms with Crippen LogP contribution >= 0.6 is 0 Å². The summed E-state index contributed by atoms with van der Waals surface area (Å²) in [7, 11) is 1.50. The average Bonchev–Trinajstić information content (AvgIpc) is 1.82. The van der Waals surface area contributed by atoms with Crippen molar-refractivity contribution in [3.8, 4) is 0 Å². The number of rotatable bonds is 4. The fourth-order valence-electron chi connectivity index (χ4n) is 0.818. The Balaban J connectivity index is 3.77. The first-order valence-corrected chi connectivity index (χ1v) is 3.78. The van der Waals surface area contributed by atoms with Crippen molar-refractivity contribution < 1.29 is 12.9 Å². The molecule has 0 aromatic heterocycles. The molecule has 1 atom stereocenters. The zero-order chi connectivity index (χ0) is 9.07. The summed E-state index contributed by atoms with van der Waals surface area (Å²) in [5.41, 5.74) is 0. The Hall–Kier alpha value is -0.185. The van der Waals surface area contributed by atoms with Crippen molar-refractivity contribution in [3.05, 3.63) is 0 Å². The maximum Gasteiger partial charge on any atom is 0.492 e. The Morgan fingerprint density at radius 3 is 2.09 bits per heavy atom. The van der Waals surface area contributed by atoms with E-state index in [2.05, 4.69) is 0 Å². The van der Waals surface area contributed by atoms with Crippen molar-refractivity contribution in [2.45, 2.75) is 26.3 Å². The molecule has 0 amide bonds. The lowest BCUT2D eigenvalue weighted by Gasteiger charge is -2.28. The van der Waals surface area contributed by atoms with Gasteiger partial charge in [0, 0.05) is 6.04 Å². The average molecular weight is 168 g/mol. The highest BCUT2D eigenvalue weighted by molar-refractivity contribution is 6.58. The van der Waals surface area contributed by atoms with Crippen LogP contribution in [0.5, 0.6) is 0 Å². The molecule has 0 aromatic rings. The lowest BCUT2D eigenvalue weighted by atomic mass is 9.90. The number of halogens is 3. The summed E-state index contributed by atoms with van der Waals surface area (Å²) in [6.45, 7) is -0.984. The quantitative estimate of drug-likeness (QED) is 0.581. The zero-order valence-corrected chi connectivity index (χ0v) is 7.15. The normalized spacial score (nSPS) is 15.5. The molecule has 0 saturated heterocycles. The second-order valence-corrected chi connectivity index (χ2v) is 2.91. The van der Waals surface area contributed by atoms with Crippen molar-refractivity contribution in [1.82, 2.24) is 4.90 Å². The van der Waals surface area contributed by atoms with E-state index in [1.54, 1.807) is 6.92 Å². The second kappa shape index (κ2) is 4.00. The Morgan fingerprint density at radius 2 is 1.82 bits per heavy atom. The van der Waals surface area contributed by atoms with Gasteiger partial charge in [0.1, 0.15) is 0 Å². The minimum atomic E-state index is -4.66. The molecule has 1 nitrogen and oxygen atoms in total. The van der Waals surface area contributed by atoms with Gasteiger partial charge in [0.25, 0.3) is 0 Å². The van der Waals surface area contributed by atoms with E-state index in [1.807, 2.05) is 6.92 Å². The van der Waals surface area contributed by atoms with E-state index in [0.29, 0.717) is 0 Å². The monoisotopic (exact) mass is 168 g/mol. The molecule has 11 heavy (non-hydrogen) atoms. The first kappa shape index (κ1) is 10.8. The zero-order valence-electron chi connectivity index (χ0n) is 7.15. The Morgan fingerprint density at radius 1 is 1.36 bits per heavy atom. The largest absolute Gasteiger partial charge is 0.492 e. The van der Waals surface area contributed by atoms with Gasteiger partial charge in [-0.15, -0.1) is 0 Å². The lowest BCUT2D eigenvalue weighted by molar-refractivity contribution is 0.258. The predicted molar refractivity (Wildman–Crippen MR) is 41.5 cm³/mol. The molecule has 0 aliphatic carbocycles. The highest BCUT2D eigenvalue weighted by Gasteiger charge is 2.26. The van der Waals surface area contributed by atoms with Gasteiger partial charge in [-0.05, 0) is 26.8 Å². The lowest BCUT2D eigenvalue weighted by Crippen LogP contribution is -2.40. The Labute approximate surface area is 65.6 Å². The predicted octanol–water partition coefficient (Wildman–Crippen LogP) is 2.10. The summed E-state index contributed by atoms with van der Waals surface area (Å²) < 4.78 is 35.5. The summed E-state index contributed by atoms with van der Waals surface area (Å²) >= 11 is 0. The highest BCUT2D eigenvalue weighted by Crippen LogP contribution is 2.11. The van der Waals surface area contributed by atoms with Crippen molar-refractivity contribution >= 4 is 6.98 Å². The maximum atomic E-state index is 11.8. The van der Waals surface area contributed by atoms with E-state index < -0.39 is 13.4 Å². The molecule has 0 bridgehead atoms. The molecule has 0 aliphatic rings. The van der Waals surface area contributed by atoms with Gasteiger partial charge >= 0.3 is 6.98 Å². The Bertz CT molecular complexity index is 115. The minimum Gasteiger partial charge on any atom is -0.448 e. The molecule has 0 radical (unpaired) electrons. The molecule has 1 unspecified atom stereocenters. The van der Waals surface area contributed by atoms with Crippen LogP contribution in [-0.4, -0.2) is 31.4 Å². The molecule has 5 heteroatoms. The number of nitrogens with zero attached hydrogens (tertiary/aromatic N) is 1. The van der Waals surface area contributed by atoms with Gasteiger partial charge < -0.3 is 17.8 Å². The van der Waals surface area contributed by atoms with Crippen LogP contribution in [0.3, 0.4) is 0 Å². The summed E-state index contributed by atoms with van der Waals surface area (Å²) in [5.74, 6) is 0. The van der Waals surface area contributed by atoms with Gasteiger partial charge in [0.05, 0.1) is 0 Å². The van der Waals surface area contributed by atoms with Crippen molar-refractivity contribution in [3.63, 3.8) is 0 Å². The summed E-state index contributed by atoms with van der Waals surface area (Å²) in [6.07, 6.45) is -0.00231. The van der Waals surface area contributed by atoms with Crippen LogP contribution in [0.2, 0.25) is 0 Å². The van der Waals surface area contributed by atoms with E-state index in [9.17, 15) is 12.9 Å². The molecule has 0 saturated carbocycles. The molecule has 0 aromatic carbocycles. The smallest absolute Gasteiger partial charge is 0.448 e. The molecule has 0 spiro atoms. The van der Waals surface area contributed by atoms with Gasteiger partial charge in [-0.1, -0.05) is 6.92 Å². The number of hydrogen-bond acceptors (Lipinski definition) is 1. The van der Waals surface area contributed by atoms with Crippen molar-refractivity contribution in [2.75, 3.05) is 13.5 Å². The summed E-state index contributed by atoms with van der Waals surface area (Å²) in [4.78, 5) is 1.33. The molecular weight excluding hydrogens is 154 g/mol. The molecule has 0 N–H and O–H groups in total. The summed E-state index contributed by atoms with van der Waals surface area (Å²) in [6, 6.07) is 0.0125. The molecule has 0 rings (SSSR count). The molecule has 0 aliphatic heterocycles. The third-order valence-corrected chi connectivity index (χ3v) is 1.84. The van der Waals surface area contributed by atoms with E-state index >= 15 is 0 Å². The first-order chi connectivity index (χ1) is 4.87. The van der Waals surface area contributed by atoms with Crippen LogP contribution < -0.4 is 0 Å².